The number of carbonyl (C=O) groups excluding carboxylic acids is 2. The van der Waals surface area contributed by atoms with E-state index in [1.807, 2.05) is 33.7 Å². The van der Waals surface area contributed by atoms with Gasteiger partial charge in [-0.25, -0.2) is 4.39 Å². The van der Waals surface area contributed by atoms with Gasteiger partial charge >= 0.3 is 0 Å². The number of rotatable bonds is 7. The number of nitrogens with zero attached hydrogens (tertiary/aromatic N) is 5. The molecule has 3 fully saturated rings. The van der Waals surface area contributed by atoms with Crippen LogP contribution in [-0.2, 0) is 16.1 Å². The highest BCUT2D eigenvalue weighted by Crippen LogP contribution is 2.39. The molecule has 4 aliphatic rings. The highest BCUT2D eigenvalue weighted by molar-refractivity contribution is 6.00. The van der Waals surface area contributed by atoms with Crippen molar-refractivity contribution in [1.29, 1.82) is 0 Å². The molecule has 4 aliphatic heterocycles. The third-order valence-electron chi connectivity index (χ3n) is 9.86. The molecule has 0 aliphatic carbocycles. The van der Waals surface area contributed by atoms with Gasteiger partial charge in [-0.2, -0.15) is 0 Å². The third-order valence-corrected chi connectivity index (χ3v) is 9.86. The zero-order valence-corrected chi connectivity index (χ0v) is 26.1. The van der Waals surface area contributed by atoms with E-state index in [2.05, 4.69) is 26.1 Å². The maximum atomic E-state index is 13.8. The predicted octanol–water partition coefficient (Wildman–Crippen LogP) is 3.23. The molecule has 7 rings (SSSR count). The van der Waals surface area contributed by atoms with Crippen molar-refractivity contribution in [3.63, 3.8) is 0 Å². The zero-order chi connectivity index (χ0) is 31.6. The lowest BCUT2D eigenvalue weighted by Crippen LogP contribution is -2.49. The monoisotopic (exact) mass is 628 g/mol. The van der Waals surface area contributed by atoms with Gasteiger partial charge in [-0.3, -0.25) is 19.3 Å². The molecule has 2 atom stereocenters. The lowest BCUT2D eigenvalue weighted by molar-refractivity contribution is -0.116. The fourth-order valence-corrected chi connectivity index (χ4v) is 7.44. The van der Waals surface area contributed by atoms with Crippen LogP contribution in [0.1, 0.15) is 34.8 Å². The van der Waals surface area contributed by atoms with Crippen molar-refractivity contribution >= 4 is 28.9 Å². The van der Waals surface area contributed by atoms with Gasteiger partial charge < -0.3 is 29.3 Å². The van der Waals surface area contributed by atoms with Gasteiger partial charge in [0, 0.05) is 101 Å². The van der Waals surface area contributed by atoms with E-state index in [-0.39, 0.29) is 29.1 Å². The first-order chi connectivity index (χ1) is 22.4. The summed E-state index contributed by atoms with van der Waals surface area (Å²) in [6.07, 6.45) is 1.38. The fourth-order valence-electron chi connectivity index (χ4n) is 7.44. The quantitative estimate of drug-likeness (QED) is 0.430. The van der Waals surface area contributed by atoms with Gasteiger partial charge in [-0.15, -0.1) is 0 Å². The number of carbonyl (C=O) groups is 2. The Hall–Kier alpha value is -4.22. The van der Waals surface area contributed by atoms with Gasteiger partial charge in [-0.1, -0.05) is 6.07 Å². The Bertz CT molecular complexity index is 1630. The summed E-state index contributed by atoms with van der Waals surface area (Å²) in [5.41, 5.74) is 4.15. The number of hydrogen-bond acceptors (Lipinski definition) is 7. The van der Waals surface area contributed by atoms with Crippen LogP contribution in [0.2, 0.25) is 0 Å². The summed E-state index contributed by atoms with van der Waals surface area (Å²) >= 11 is 0. The Morgan fingerprint density at radius 2 is 1.65 bits per heavy atom. The van der Waals surface area contributed by atoms with E-state index in [9.17, 15) is 18.8 Å². The molecule has 11 heteroatoms. The maximum Gasteiger partial charge on any atom is 0.254 e. The summed E-state index contributed by atoms with van der Waals surface area (Å²) in [6, 6.07) is 17.7. The Kier molecular flexibility index (Phi) is 8.77. The molecule has 1 aromatic heterocycles. The summed E-state index contributed by atoms with van der Waals surface area (Å²) in [5.74, 6) is 0.107. The summed E-state index contributed by atoms with van der Waals surface area (Å²) in [6.45, 7) is 8.24. The minimum Gasteiger partial charge on any atom is -0.379 e. The first kappa shape index (κ1) is 30.4. The number of hydrogen-bond donors (Lipinski definition) is 1. The Labute approximate surface area is 268 Å². The Morgan fingerprint density at radius 1 is 0.870 bits per heavy atom. The number of fused-ring (bicyclic) bond motifs is 4. The fraction of sp³-hybridized carbons (Fsp3) is 0.457. The van der Waals surface area contributed by atoms with Crippen molar-refractivity contribution in [3.8, 4) is 0 Å². The van der Waals surface area contributed by atoms with Gasteiger partial charge in [0.15, 0.2) is 0 Å². The second-order valence-corrected chi connectivity index (χ2v) is 12.8. The zero-order valence-electron chi connectivity index (χ0n) is 26.1. The van der Waals surface area contributed by atoms with Crippen LogP contribution >= 0.6 is 0 Å². The highest BCUT2D eigenvalue weighted by atomic mass is 19.1. The van der Waals surface area contributed by atoms with Crippen LogP contribution in [-0.4, -0.2) is 98.3 Å². The molecular formula is C35H41FN6O4. The van der Waals surface area contributed by atoms with Crippen LogP contribution in [0, 0.1) is 11.7 Å². The number of amides is 2. The van der Waals surface area contributed by atoms with E-state index in [1.54, 1.807) is 18.2 Å². The van der Waals surface area contributed by atoms with Crippen molar-refractivity contribution in [2.45, 2.75) is 25.3 Å². The number of piperidine rings is 1. The molecule has 2 amide bonds. The van der Waals surface area contributed by atoms with Crippen molar-refractivity contribution in [2.24, 2.45) is 5.92 Å². The van der Waals surface area contributed by atoms with Crippen LogP contribution in [0.15, 0.2) is 65.5 Å². The largest absolute Gasteiger partial charge is 0.379 e. The minimum atomic E-state index is -0.266. The maximum absolute atomic E-state index is 13.8. The number of pyridine rings is 1. The predicted molar refractivity (Wildman–Crippen MR) is 175 cm³/mol. The molecular weight excluding hydrogens is 587 g/mol. The third kappa shape index (κ3) is 6.52. The number of ether oxygens (including phenoxy) is 1. The molecule has 46 heavy (non-hydrogen) atoms. The molecule has 2 bridgehead atoms. The van der Waals surface area contributed by atoms with E-state index in [0.29, 0.717) is 76.1 Å². The molecule has 5 heterocycles. The first-order valence-corrected chi connectivity index (χ1v) is 16.4. The summed E-state index contributed by atoms with van der Waals surface area (Å²) in [4.78, 5) is 48.2. The van der Waals surface area contributed by atoms with Gasteiger partial charge in [0.2, 0.25) is 5.91 Å². The topological polar surface area (TPSA) is 90.4 Å². The smallest absolute Gasteiger partial charge is 0.254 e. The van der Waals surface area contributed by atoms with E-state index in [0.717, 1.165) is 49.7 Å². The van der Waals surface area contributed by atoms with Crippen molar-refractivity contribution in [2.75, 3.05) is 87.2 Å². The van der Waals surface area contributed by atoms with Gasteiger partial charge in [0.25, 0.3) is 11.5 Å². The van der Waals surface area contributed by atoms with Crippen LogP contribution in [0.5, 0.6) is 0 Å². The van der Waals surface area contributed by atoms with E-state index < -0.39 is 0 Å². The SMILES string of the molecule is O=C(CCN1CCOCC1)Nc1cc(C(=O)N2CCN(c3ccc(F)cc3)CC2)ccc1N1CC2CC(C1)c1cccc(=O)n1C2. The molecule has 2 aromatic carbocycles. The van der Waals surface area contributed by atoms with E-state index in [1.165, 1.54) is 12.1 Å². The molecule has 242 valence electrons. The summed E-state index contributed by atoms with van der Waals surface area (Å²) < 4.78 is 20.8. The molecule has 1 N–H and O–H groups in total. The van der Waals surface area contributed by atoms with Crippen LogP contribution < -0.4 is 20.7 Å². The molecule has 0 saturated carbocycles. The lowest BCUT2D eigenvalue weighted by atomic mass is 9.83. The molecule has 0 spiro atoms. The molecule has 3 saturated heterocycles. The Morgan fingerprint density at radius 3 is 2.43 bits per heavy atom. The summed E-state index contributed by atoms with van der Waals surface area (Å²) in [5, 5.41) is 3.17. The van der Waals surface area contributed by atoms with Crippen molar-refractivity contribution < 1.29 is 18.7 Å². The second-order valence-electron chi connectivity index (χ2n) is 12.8. The van der Waals surface area contributed by atoms with Gasteiger partial charge in [0.1, 0.15) is 5.82 Å². The van der Waals surface area contributed by atoms with Crippen molar-refractivity contribution in [1.82, 2.24) is 14.4 Å². The number of benzene rings is 2. The second kappa shape index (κ2) is 13.3. The van der Waals surface area contributed by atoms with Crippen molar-refractivity contribution in [3.05, 3.63) is 88.1 Å². The Balaban J connectivity index is 1.09. The first-order valence-electron chi connectivity index (χ1n) is 16.4. The number of morpholine rings is 1. The van der Waals surface area contributed by atoms with E-state index >= 15 is 0 Å². The average molecular weight is 629 g/mol. The lowest BCUT2D eigenvalue weighted by Gasteiger charge is -2.44. The average Bonchev–Trinajstić information content (AvgIpc) is 3.08. The van der Waals surface area contributed by atoms with Crippen LogP contribution in [0.3, 0.4) is 0 Å². The standard InChI is InChI=1S/C35H41FN6O4/c36-28-5-7-29(8-6-28)39-12-14-40(15-13-39)35(45)26-4-9-32(30(21-26)37-33(43)10-11-38-16-18-46-19-17-38)41-22-25-20-27(24-41)31-2-1-3-34(44)42(31)23-25/h1-9,21,25,27H,10-20,22-24H2,(H,37,43). The van der Waals surface area contributed by atoms with Crippen LogP contribution in [0.25, 0.3) is 0 Å². The summed E-state index contributed by atoms with van der Waals surface area (Å²) in [7, 11) is 0. The minimum absolute atomic E-state index is 0.0511. The number of anilines is 3. The molecule has 3 aromatic rings. The molecule has 2 unspecified atom stereocenters. The molecule has 10 nitrogen and oxygen atoms in total. The number of halogens is 1. The number of nitrogens with one attached hydrogen (secondary N) is 1. The van der Waals surface area contributed by atoms with Crippen LogP contribution in [0.4, 0.5) is 21.5 Å². The number of piperazine rings is 1. The normalized spacial score (nSPS) is 21.5. The van der Waals surface area contributed by atoms with E-state index in [4.69, 9.17) is 4.74 Å². The van der Waals surface area contributed by atoms with Gasteiger partial charge in [0.05, 0.1) is 24.6 Å². The van der Waals surface area contributed by atoms with Gasteiger partial charge in [-0.05, 0) is 60.9 Å². The highest BCUT2D eigenvalue weighted by Gasteiger charge is 2.35. The molecule has 0 radical (unpaired) electrons. The number of aromatic nitrogens is 1.